The zero-order chi connectivity index (χ0) is 16.8. The van der Waals surface area contributed by atoms with Crippen molar-refractivity contribution in [2.45, 2.75) is 32.4 Å². The van der Waals surface area contributed by atoms with Crippen molar-refractivity contribution >= 4 is 36.5 Å². The number of carbonyl (C=O) groups is 1. The van der Waals surface area contributed by atoms with Crippen molar-refractivity contribution in [2.75, 3.05) is 38.7 Å². The average molecular weight is 393 g/mol. The first kappa shape index (κ1) is 23.9. The molecule has 0 saturated carbocycles. The Labute approximate surface area is 162 Å². The lowest BCUT2D eigenvalue weighted by Crippen LogP contribution is -2.41. The third kappa shape index (κ3) is 6.98. The van der Waals surface area contributed by atoms with Gasteiger partial charge in [0.1, 0.15) is 12.4 Å². The minimum Gasteiger partial charge on any atom is -0.387 e. The van der Waals surface area contributed by atoms with E-state index >= 15 is 0 Å². The molecule has 25 heavy (non-hydrogen) atoms. The Balaban J connectivity index is 0.00000288. The van der Waals surface area contributed by atoms with Crippen molar-refractivity contribution in [2.24, 2.45) is 5.92 Å². The Bertz CT molecular complexity index is 514. The molecule has 0 unspecified atom stereocenters. The number of aliphatic hydroxyl groups is 1. The average Bonchev–Trinajstić information content (AvgIpc) is 2.89. The molecular formula is C17H30Cl2N4O2. The smallest absolute Gasteiger partial charge is 0.245 e. The number of aliphatic hydroxyl groups excluding tert-OH is 1. The van der Waals surface area contributed by atoms with Gasteiger partial charge in [-0.2, -0.15) is 0 Å². The fourth-order valence-electron chi connectivity index (χ4n) is 3.20. The van der Waals surface area contributed by atoms with Gasteiger partial charge in [-0.3, -0.25) is 9.69 Å². The van der Waals surface area contributed by atoms with Gasteiger partial charge in [-0.25, -0.2) is 4.98 Å². The number of anilines is 1. The first-order valence-electron chi connectivity index (χ1n) is 8.28. The molecule has 0 aromatic carbocycles. The van der Waals surface area contributed by atoms with E-state index in [4.69, 9.17) is 5.11 Å². The second-order valence-corrected chi connectivity index (χ2v) is 6.49. The van der Waals surface area contributed by atoms with Gasteiger partial charge in [-0.15, -0.1) is 24.8 Å². The molecule has 1 aliphatic rings. The van der Waals surface area contributed by atoms with Crippen molar-refractivity contribution in [1.29, 1.82) is 0 Å². The van der Waals surface area contributed by atoms with Gasteiger partial charge < -0.3 is 15.3 Å². The first-order chi connectivity index (χ1) is 11.0. The molecule has 0 aliphatic carbocycles. The molecule has 1 aliphatic heterocycles. The Morgan fingerprint density at radius 1 is 1.36 bits per heavy atom. The maximum absolute atomic E-state index is 11.5. The summed E-state index contributed by atoms with van der Waals surface area (Å²) in [4.78, 5) is 20.3. The number of rotatable bonds is 7. The van der Waals surface area contributed by atoms with Gasteiger partial charge in [0.15, 0.2) is 0 Å². The van der Waals surface area contributed by atoms with Crippen LogP contribution in [0.2, 0.25) is 0 Å². The van der Waals surface area contributed by atoms with Crippen molar-refractivity contribution in [3.63, 3.8) is 0 Å². The lowest BCUT2D eigenvalue weighted by Gasteiger charge is -2.18. The van der Waals surface area contributed by atoms with E-state index in [9.17, 15) is 4.79 Å². The van der Waals surface area contributed by atoms with E-state index in [2.05, 4.69) is 28.2 Å². The van der Waals surface area contributed by atoms with Crippen LogP contribution in [0, 0.1) is 5.92 Å². The van der Waals surface area contributed by atoms with E-state index in [0.717, 1.165) is 38.3 Å². The quantitative estimate of drug-likeness (QED) is 0.738. The van der Waals surface area contributed by atoms with Gasteiger partial charge in [-0.1, -0.05) is 19.4 Å². The van der Waals surface area contributed by atoms with Crippen LogP contribution in [-0.4, -0.2) is 60.7 Å². The summed E-state index contributed by atoms with van der Waals surface area (Å²) in [5.41, 5.74) is 1.18. The van der Waals surface area contributed by atoms with Gasteiger partial charge >= 0.3 is 0 Å². The number of halogens is 2. The molecule has 2 heterocycles. The Hall–Kier alpha value is -1.08. The number of likely N-dealkylation sites (tertiary alicyclic amines) is 1. The number of nitrogens with zero attached hydrogens (tertiary/aromatic N) is 3. The fourth-order valence-corrected chi connectivity index (χ4v) is 3.20. The molecule has 1 saturated heterocycles. The third-order valence-electron chi connectivity index (χ3n) is 4.34. The number of nitrogens with one attached hydrogen (secondary N) is 1. The minimum atomic E-state index is -0.439. The highest BCUT2D eigenvalue weighted by Crippen LogP contribution is 2.23. The van der Waals surface area contributed by atoms with Crippen LogP contribution in [0.5, 0.6) is 0 Å². The summed E-state index contributed by atoms with van der Waals surface area (Å²) in [6.45, 7) is 4.36. The fraction of sp³-hybridized carbons (Fsp3) is 0.647. The third-order valence-corrected chi connectivity index (χ3v) is 4.34. The highest BCUT2D eigenvalue weighted by atomic mass is 35.5. The van der Waals surface area contributed by atoms with E-state index in [-0.39, 0.29) is 36.8 Å². The maximum atomic E-state index is 11.5. The number of amides is 1. The Kier molecular flexibility index (Phi) is 11.0. The SMILES string of the molecule is CCC[C@H]1CN(Cc2ccc(N(C)C)nc2)C[C@@H]1NC(=O)CO.Cl.Cl. The second kappa shape index (κ2) is 11.5. The van der Waals surface area contributed by atoms with Crippen LogP contribution < -0.4 is 10.2 Å². The highest BCUT2D eigenvalue weighted by molar-refractivity contribution is 5.85. The molecule has 2 rings (SSSR count). The van der Waals surface area contributed by atoms with E-state index in [1.165, 1.54) is 5.56 Å². The van der Waals surface area contributed by atoms with E-state index in [1.807, 2.05) is 31.3 Å². The van der Waals surface area contributed by atoms with Crippen LogP contribution in [0.15, 0.2) is 18.3 Å². The largest absolute Gasteiger partial charge is 0.387 e. The molecule has 144 valence electrons. The van der Waals surface area contributed by atoms with Crippen LogP contribution in [0.3, 0.4) is 0 Å². The summed E-state index contributed by atoms with van der Waals surface area (Å²) in [5.74, 6) is 1.12. The number of carbonyl (C=O) groups excluding carboxylic acids is 1. The summed E-state index contributed by atoms with van der Waals surface area (Å²) < 4.78 is 0. The first-order valence-corrected chi connectivity index (χ1v) is 8.28. The molecule has 0 bridgehead atoms. The maximum Gasteiger partial charge on any atom is 0.245 e. The van der Waals surface area contributed by atoms with Crippen molar-refractivity contribution in [3.8, 4) is 0 Å². The summed E-state index contributed by atoms with van der Waals surface area (Å²) >= 11 is 0. The minimum absolute atomic E-state index is 0. The number of aromatic nitrogens is 1. The highest BCUT2D eigenvalue weighted by Gasteiger charge is 2.32. The summed E-state index contributed by atoms with van der Waals surface area (Å²) in [7, 11) is 3.96. The zero-order valence-corrected chi connectivity index (χ0v) is 16.8. The molecule has 2 atom stereocenters. The zero-order valence-electron chi connectivity index (χ0n) is 15.1. The van der Waals surface area contributed by atoms with E-state index in [0.29, 0.717) is 5.92 Å². The van der Waals surface area contributed by atoms with E-state index in [1.54, 1.807) is 0 Å². The van der Waals surface area contributed by atoms with Gasteiger partial charge in [-0.05, 0) is 24.0 Å². The van der Waals surface area contributed by atoms with Crippen molar-refractivity contribution < 1.29 is 9.90 Å². The van der Waals surface area contributed by atoms with Crippen LogP contribution >= 0.6 is 24.8 Å². The molecule has 1 aromatic rings. The molecule has 0 radical (unpaired) electrons. The van der Waals surface area contributed by atoms with Crippen LogP contribution in [0.4, 0.5) is 5.82 Å². The van der Waals surface area contributed by atoms with Crippen LogP contribution in [0.1, 0.15) is 25.3 Å². The van der Waals surface area contributed by atoms with Gasteiger partial charge in [0.2, 0.25) is 5.91 Å². The molecule has 1 aromatic heterocycles. The molecule has 1 fully saturated rings. The summed E-state index contributed by atoms with van der Waals surface area (Å²) in [6, 6.07) is 4.26. The normalized spacial score (nSPS) is 19.7. The summed E-state index contributed by atoms with van der Waals surface area (Å²) in [6.07, 6.45) is 4.11. The van der Waals surface area contributed by atoms with Crippen LogP contribution in [-0.2, 0) is 11.3 Å². The Morgan fingerprint density at radius 3 is 2.60 bits per heavy atom. The number of pyridine rings is 1. The number of hydrogen-bond donors (Lipinski definition) is 2. The molecule has 8 heteroatoms. The molecule has 1 amide bonds. The molecule has 2 N–H and O–H groups in total. The topological polar surface area (TPSA) is 68.7 Å². The monoisotopic (exact) mass is 392 g/mol. The van der Waals surface area contributed by atoms with Crippen molar-refractivity contribution in [3.05, 3.63) is 23.9 Å². The van der Waals surface area contributed by atoms with Gasteiger partial charge in [0, 0.05) is 46.0 Å². The lowest BCUT2D eigenvalue weighted by atomic mass is 9.98. The number of hydrogen-bond acceptors (Lipinski definition) is 5. The van der Waals surface area contributed by atoms with Gasteiger partial charge in [0.05, 0.1) is 0 Å². The molecule has 0 spiro atoms. The predicted molar refractivity (Wildman–Crippen MR) is 106 cm³/mol. The second-order valence-electron chi connectivity index (χ2n) is 6.49. The van der Waals surface area contributed by atoms with Crippen molar-refractivity contribution in [1.82, 2.24) is 15.2 Å². The molecule has 6 nitrogen and oxygen atoms in total. The van der Waals surface area contributed by atoms with E-state index < -0.39 is 6.61 Å². The standard InChI is InChI=1S/C17H28N4O2.2ClH/c1-4-5-14-10-21(11-15(14)19-17(23)12-22)9-13-6-7-16(18-8-13)20(2)3;;/h6-8,14-15,22H,4-5,9-12H2,1-3H3,(H,19,23);2*1H/t14-,15-;;/m0../s1. The summed E-state index contributed by atoms with van der Waals surface area (Å²) in [5, 5.41) is 11.9. The Morgan fingerprint density at radius 2 is 2.08 bits per heavy atom. The molecular weight excluding hydrogens is 363 g/mol. The predicted octanol–water partition coefficient (Wildman–Crippen LogP) is 1.70. The lowest BCUT2D eigenvalue weighted by molar-refractivity contribution is -0.124. The van der Waals surface area contributed by atoms with Gasteiger partial charge in [0.25, 0.3) is 0 Å². The van der Waals surface area contributed by atoms with Crippen LogP contribution in [0.25, 0.3) is 0 Å².